The maximum absolute atomic E-state index is 6.52. The summed E-state index contributed by atoms with van der Waals surface area (Å²) in [5, 5.41) is 4.50. The summed E-state index contributed by atoms with van der Waals surface area (Å²) in [6, 6.07) is 66.3. The van der Waals surface area contributed by atoms with Gasteiger partial charge in [0.25, 0.3) is 0 Å². The lowest BCUT2D eigenvalue weighted by molar-refractivity contribution is 0.623. The summed E-state index contributed by atoms with van der Waals surface area (Å²) in [6.07, 6.45) is 0. The molecule has 0 aliphatic carbocycles. The normalized spacial score (nSPS) is 11.5. The summed E-state index contributed by atoms with van der Waals surface area (Å²) in [4.78, 5) is 7.29. The van der Waals surface area contributed by atoms with Crippen LogP contribution in [0.5, 0.6) is 0 Å². The van der Waals surface area contributed by atoms with Gasteiger partial charge in [-0.15, -0.1) is 0 Å². The fraction of sp³-hybridized carbons (Fsp3) is 0. The van der Waals surface area contributed by atoms with Crippen LogP contribution in [0, 0.1) is 0 Å². The molecule has 4 heteroatoms. The molecule has 0 unspecified atom stereocenters. The van der Waals surface area contributed by atoms with Gasteiger partial charge in [0.1, 0.15) is 5.52 Å². The predicted octanol–water partition coefficient (Wildman–Crippen LogP) is 12.9. The molecule has 0 saturated heterocycles. The number of aromatic nitrogens is 2. The lowest BCUT2D eigenvalue weighted by Gasteiger charge is -2.29. The molecule has 0 bridgehead atoms. The number of oxazole rings is 1. The van der Waals surface area contributed by atoms with Gasteiger partial charge < -0.3 is 13.9 Å². The Balaban J connectivity index is 1.24. The number of para-hydroxylation sites is 3. The Bertz CT molecular complexity index is 2850. The molecular formula is C47H31N3O. The third kappa shape index (κ3) is 4.80. The van der Waals surface area contributed by atoms with Crippen molar-refractivity contribution >= 4 is 60.7 Å². The number of benzene rings is 8. The minimum Gasteiger partial charge on any atom is -0.435 e. The molecule has 10 aromatic rings. The van der Waals surface area contributed by atoms with E-state index in [4.69, 9.17) is 9.40 Å². The first-order valence-corrected chi connectivity index (χ1v) is 17.2. The first kappa shape index (κ1) is 29.0. The van der Waals surface area contributed by atoms with Gasteiger partial charge in [-0.25, -0.2) is 4.98 Å². The third-order valence-electron chi connectivity index (χ3n) is 9.81. The average Bonchev–Trinajstić information content (AvgIpc) is 3.79. The number of fused-ring (bicyclic) bond motifs is 6. The van der Waals surface area contributed by atoms with Crippen molar-refractivity contribution in [2.75, 3.05) is 4.90 Å². The van der Waals surface area contributed by atoms with E-state index in [1.807, 2.05) is 30.3 Å². The second kappa shape index (κ2) is 11.9. The van der Waals surface area contributed by atoms with Crippen molar-refractivity contribution in [2.45, 2.75) is 0 Å². The second-order valence-electron chi connectivity index (χ2n) is 12.8. The van der Waals surface area contributed by atoms with Crippen LogP contribution in [0.3, 0.4) is 0 Å². The Morgan fingerprint density at radius 2 is 1.10 bits per heavy atom. The smallest absolute Gasteiger partial charge is 0.227 e. The van der Waals surface area contributed by atoms with Gasteiger partial charge in [-0.05, 0) is 78.4 Å². The van der Waals surface area contributed by atoms with Crippen molar-refractivity contribution in [1.29, 1.82) is 0 Å². The van der Waals surface area contributed by atoms with Gasteiger partial charge in [0.2, 0.25) is 5.89 Å². The highest BCUT2D eigenvalue weighted by atomic mass is 16.3. The highest BCUT2D eigenvalue weighted by molar-refractivity contribution is 6.13. The zero-order valence-electron chi connectivity index (χ0n) is 27.6. The van der Waals surface area contributed by atoms with Crippen molar-refractivity contribution < 1.29 is 4.42 Å². The molecule has 2 heterocycles. The van der Waals surface area contributed by atoms with Gasteiger partial charge in [-0.3, -0.25) is 0 Å². The van der Waals surface area contributed by atoms with E-state index in [0.29, 0.717) is 5.89 Å². The SMILES string of the molecule is c1ccc(-c2nc3ccc4c(N(c5ccc6c(c5)c5ccccc5n6-c5ccccc5)c5ccccc5-c5ccccc5)cccc4c3o2)cc1. The van der Waals surface area contributed by atoms with Gasteiger partial charge >= 0.3 is 0 Å². The topological polar surface area (TPSA) is 34.2 Å². The molecule has 8 aromatic carbocycles. The van der Waals surface area contributed by atoms with Crippen LogP contribution in [0.25, 0.3) is 71.9 Å². The fourth-order valence-electron chi connectivity index (χ4n) is 7.52. The summed E-state index contributed by atoms with van der Waals surface area (Å²) < 4.78 is 8.89. The highest BCUT2D eigenvalue weighted by Gasteiger charge is 2.22. The molecule has 0 N–H and O–H groups in total. The Morgan fingerprint density at radius 3 is 1.92 bits per heavy atom. The van der Waals surface area contributed by atoms with E-state index in [0.717, 1.165) is 66.8 Å². The number of hydrogen-bond donors (Lipinski definition) is 0. The molecule has 0 fully saturated rings. The Kier molecular flexibility index (Phi) is 6.78. The molecule has 240 valence electrons. The van der Waals surface area contributed by atoms with E-state index in [1.54, 1.807) is 0 Å². The third-order valence-corrected chi connectivity index (χ3v) is 9.81. The first-order valence-electron chi connectivity index (χ1n) is 17.2. The van der Waals surface area contributed by atoms with Gasteiger partial charge in [0.15, 0.2) is 5.58 Å². The van der Waals surface area contributed by atoms with Gasteiger partial charge in [0, 0.05) is 44.0 Å². The van der Waals surface area contributed by atoms with Gasteiger partial charge in [-0.2, -0.15) is 0 Å². The quantitative estimate of drug-likeness (QED) is 0.179. The van der Waals surface area contributed by atoms with Crippen LogP contribution in [0.1, 0.15) is 0 Å². The summed E-state index contributed by atoms with van der Waals surface area (Å²) in [6.45, 7) is 0. The summed E-state index contributed by atoms with van der Waals surface area (Å²) in [5.74, 6) is 0.620. The van der Waals surface area contributed by atoms with Crippen LogP contribution < -0.4 is 4.90 Å². The number of nitrogens with zero attached hydrogens (tertiary/aromatic N) is 3. The molecular weight excluding hydrogens is 623 g/mol. The zero-order chi connectivity index (χ0) is 33.7. The maximum Gasteiger partial charge on any atom is 0.227 e. The van der Waals surface area contributed by atoms with Crippen molar-refractivity contribution in [3.8, 4) is 28.3 Å². The number of hydrogen-bond acceptors (Lipinski definition) is 3. The monoisotopic (exact) mass is 653 g/mol. The molecule has 10 rings (SSSR count). The zero-order valence-corrected chi connectivity index (χ0v) is 27.6. The molecule has 0 aliphatic rings. The van der Waals surface area contributed by atoms with Crippen LogP contribution in [0.2, 0.25) is 0 Å². The van der Waals surface area contributed by atoms with Crippen molar-refractivity contribution in [2.24, 2.45) is 0 Å². The number of rotatable bonds is 6. The lowest BCUT2D eigenvalue weighted by atomic mass is 10.00. The summed E-state index contributed by atoms with van der Waals surface area (Å²) in [7, 11) is 0. The molecule has 0 radical (unpaired) electrons. The van der Waals surface area contributed by atoms with E-state index in [9.17, 15) is 0 Å². The van der Waals surface area contributed by atoms with Crippen LogP contribution in [-0.2, 0) is 0 Å². The average molecular weight is 654 g/mol. The predicted molar refractivity (Wildman–Crippen MR) is 211 cm³/mol. The highest BCUT2D eigenvalue weighted by Crippen LogP contribution is 2.46. The van der Waals surface area contributed by atoms with Crippen molar-refractivity contribution in [1.82, 2.24) is 9.55 Å². The first-order chi connectivity index (χ1) is 25.3. The molecule has 0 atom stereocenters. The van der Waals surface area contributed by atoms with E-state index >= 15 is 0 Å². The molecule has 51 heavy (non-hydrogen) atoms. The van der Waals surface area contributed by atoms with E-state index in [-0.39, 0.29) is 0 Å². The molecule has 0 saturated carbocycles. The van der Waals surface area contributed by atoms with E-state index < -0.39 is 0 Å². The fourth-order valence-corrected chi connectivity index (χ4v) is 7.52. The van der Waals surface area contributed by atoms with Crippen LogP contribution in [-0.4, -0.2) is 9.55 Å². The van der Waals surface area contributed by atoms with Crippen LogP contribution in [0.4, 0.5) is 17.1 Å². The van der Waals surface area contributed by atoms with Crippen LogP contribution in [0.15, 0.2) is 192 Å². The van der Waals surface area contributed by atoms with Crippen molar-refractivity contribution in [3.63, 3.8) is 0 Å². The van der Waals surface area contributed by atoms with E-state index in [2.05, 4.69) is 167 Å². The molecule has 0 amide bonds. The maximum atomic E-state index is 6.52. The van der Waals surface area contributed by atoms with Crippen molar-refractivity contribution in [3.05, 3.63) is 188 Å². The Morgan fingerprint density at radius 1 is 0.451 bits per heavy atom. The molecule has 4 nitrogen and oxygen atoms in total. The van der Waals surface area contributed by atoms with Gasteiger partial charge in [-0.1, -0.05) is 115 Å². The summed E-state index contributed by atoms with van der Waals surface area (Å²) >= 11 is 0. The van der Waals surface area contributed by atoms with Crippen LogP contribution >= 0.6 is 0 Å². The molecule has 0 spiro atoms. The molecule has 2 aromatic heterocycles. The minimum atomic E-state index is 0.620. The minimum absolute atomic E-state index is 0.620. The molecule has 0 aliphatic heterocycles. The Hall–Kier alpha value is -6.91. The summed E-state index contributed by atoms with van der Waals surface area (Å²) in [5.41, 5.74) is 11.6. The number of anilines is 3. The lowest BCUT2D eigenvalue weighted by Crippen LogP contribution is -2.11. The van der Waals surface area contributed by atoms with Gasteiger partial charge in [0.05, 0.1) is 22.4 Å². The second-order valence-corrected chi connectivity index (χ2v) is 12.8. The Labute approximate surface area is 295 Å². The van der Waals surface area contributed by atoms with E-state index in [1.165, 1.54) is 16.3 Å². The largest absolute Gasteiger partial charge is 0.435 e. The standard InChI is InChI=1S/C47H31N3O/c1-4-15-32(16-5-1)36-21-10-12-24-42(36)50(35-27-30-45-40(31-35)37-22-11-13-25-43(37)49(45)34-19-8-3-9-20-34)44-26-14-23-39-38(44)28-29-41-46(39)51-47(48-41)33-17-6-2-7-18-33/h1-31H.